The van der Waals surface area contributed by atoms with Crippen molar-refractivity contribution < 1.29 is 9.53 Å². The van der Waals surface area contributed by atoms with E-state index in [-0.39, 0.29) is 5.91 Å². The summed E-state index contributed by atoms with van der Waals surface area (Å²) >= 11 is 1.58. The van der Waals surface area contributed by atoms with E-state index in [1.807, 2.05) is 29.6 Å². The van der Waals surface area contributed by atoms with Gasteiger partial charge in [-0.3, -0.25) is 9.48 Å². The number of carbonyl (C=O) groups is 1. The van der Waals surface area contributed by atoms with Crippen LogP contribution in [0.4, 0.5) is 0 Å². The number of methoxy groups -OCH3 is 1. The first-order chi connectivity index (χ1) is 11.7. The lowest BCUT2D eigenvalue weighted by molar-refractivity contribution is 0.0949. The van der Waals surface area contributed by atoms with Crippen LogP contribution in [0.5, 0.6) is 5.75 Å². The fourth-order valence-electron chi connectivity index (χ4n) is 2.14. The van der Waals surface area contributed by atoms with Crippen LogP contribution >= 0.6 is 11.3 Å². The van der Waals surface area contributed by atoms with Crippen molar-refractivity contribution >= 4 is 17.2 Å². The van der Waals surface area contributed by atoms with Gasteiger partial charge in [-0.05, 0) is 24.3 Å². The highest BCUT2D eigenvalue weighted by Gasteiger charge is 2.10. The van der Waals surface area contributed by atoms with E-state index in [9.17, 15) is 4.79 Å². The second-order valence-corrected chi connectivity index (χ2v) is 6.08. The van der Waals surface area contributed by atoms with Crippen molar-refractivity contribution in [2.45, 2.75) is 6.42 Å². The number of benzene rings is 1. The molecule has 0 aliphatic rings. The highest BCUT2D eigenvalue weighted by molar-refractivity contribution is 7.09. The van der Waals surface area contributed by atoms with Gasteiger partial charge < -0.3 is 10.1 Å². The molecule has 0 aliphatic carbocycles. The molecule has 7 nitrogen and oxygen atoms in total. The van der Waals surface area contributed by atoms with Crippen LogP contribution < -0.4 is 10.1 Å². The van der Waals surface area contributed by atoms with Gasteiger partial charge in [-0.1, -0.05) is 5.21 Å². The van der Waals surface area contributed by atoms with Crippen LogP contribution in [0.3, 0.4) is 0 Å². The van der Waals surface area contributed by atoms with Crippen molar-refractivity contribution in [1.82, 2.24) is 25.3 Å². The molecule has 1 amide bonds. The van der Waals surface area contributed by atoms with Crippen molar-refractivity contribution in [2.75, 3.05) is 13.7 Å². The highest BCUT2D eigenvalue weighted by atomic mass is 32.1. The summed E-state index contributed by atoms with van der Waals surface area (Å²) in [5.41, 5.74) is 2.29. The maximum absolute atomic E-state index is 11.9. The van der Waals surface area contributed by atoms with Gasteiger partial charge >= 0.3 is 0 Å². The zero-order valence-corrected chi connectivity index (χ0v) is 14.2. The Morgan fingerprint density at radius 3 is 2.79 bits per heavy atom. The van der Waals surface area contributed by atoms with Gasteiger partial charge in [-0.2, -0.15) is 0 Å². The average molecular weight is 343 g/mol. The van der Waals surface area contributed by atoms with Crippen LogP contribution in [0, 0.1) is 0 Å². The molecule has 0 fully saturated rings. The van der Waals surface area contributed by atoms with Crippen molar-refractivity contribution in [2.24, 2.45) is 7.05 Å². The van der Waals surface area contributed by atoms with E-state index in [1.165, 1.54) is 4.68 Å². The topological polar surface area (TPSA) is 81.9 Å². The quantitative estimate of drug-likeness (QED) is 0.739. The van der Waals surface area contributed by atoms with Gasteiger partial charge in [0.15, 0.2) is 5.69 Å². The summed E-state index contributed by atoms with van der Waals surface area (Å²) in [4.78, 5) is 16.5. The molecule has 124 valence electrons. The molecule has 0 aliphatic heterocycles. The Bertz CT molecular complexity index is 825. The second-order valence-electron chi connectivity index (χ2n) is 5.14. The zero-order chi connectivity index (χ0) is 16.9. The van der Waals surface area contributed by atoms with Crippen LogP contribution in [0.25, 0.3) is 11.3 Å². The van der Waals surface area contributed by atoms with Crippen molar-refractivity contribution in [3.8, 4) is 17.0 Å². The van der Waals surface area contributed by atoms with Crippen molar-refractivity contribution in [3.63, 3.8) is 0 Å². The minimum Gasteiger partial charge on any atom is -0.497 e. The first-order valence-corrected chi connectivity index (χ1v) is 8.27. The van der Waals surface area contributed by atoms with Crippen LogP contribution in [-0.2, 0) is 13.5 Å². The lowest BCUT2D eigenvalue weighted by atomic mass is 10.2. The van der Waals surface area contributed by atoms with Crippen molar-refractivity contribution in [1.29, 1.82) is 0 Å². The average Bonchev–Trinajstić information content (AvgIpc) is 3.24. The first kappa shape index (κ1) is 16.1. The Labute approximate surface area is 143 Å². The Morgan fingerprint density at radius 2 is 2.12 bits per heavy atom. The van der Waals surface area contributed by atoms with Crippen LogP contribution in [0.2, 0.25) is 0 Å². The van der Waals surface area contributed by atoms with Crippen LogP contribution in [-0.4, -0.2) is 39.5 Å². The Hall–Kier alpha value is -2.74. The molecular formula is C16H17N5O2S. The molecule has 0 saturated heterocycles. The molecule has 0 spiro atoms. The van der Waals surface area contributed by atoms with Gasteiger partial charge in [-0.25, -0.2) is 4.98 Å². The zero-order valence-electron chi connectivity index (χ0n) is 13.4. The smallest absolute Gasteiger partial charge is 0.273 e. The fraction of sp³-hybridized carbons (Fsp3) is 0.250. The van der Waals surface area contributed by atoms with Gasteiger partial charge in [0.1, 0.15) is 5.75 Å². The minimum atomic E-state index is -0.227. The van der Waals surface area contributed by atoms with E-state index in [1.54, 1.807) is 31.7 Å². The summed E-state index contributed by atoms with van der Waals surface area (Å²) in [5, 5.41) is 13.3. The predicted octanol–water partition coefficient (Wildman–Crippen LogP) is 1.92. The maximum Gasteiger partial charge on any atom is 0.273 e. The molecule has 2 aromatic heterocycles. The minimum absolute atomic E-state index is 0.227. The van der Waals surface area contributed by atoms with Gasteiger partial charge in [-0.15, -0.1) is 16.4 Å². The number of nitrogens with one attached hydrogen (secondary N) is 1. The van der Waals surface area contributed by atoms with Gasteiger partial charge in [0.2, 0.25) is 0 Å². The third kappa shape index (κ3) is 3.77. The molecule has 3 rings (SSSR count). The molecule has 2 heterocycles. The molecule has 0 atom stereocenters. The lowest BCUT2D eigenvalue weighted by Crippen LogP contribution is -2.26. The monoisotopic (exact) mass is 343 g/mol. The predicted molar refractivity (Wildman–Crippen MR) is 91.1 cm³/mol. The number of thiazole rings is 1. The fourth-order valence-corrected chi connectivity index (χ4v) is 2.95. The SMILES string of the molecule is COc1ccc(-c2csc(CCNC(=O)c3cn(C)nn3)n2)cc1. The third-order valence-corrected chi connectivity index (χ3v) is 4.31. The number of hydrogen-bond donors (Lipinski definition) is 1. The summed E-state index contributed by atoms with van der Waals surface area (Å²) in [6.07, 6.45) is 2.26. The van der Waals surface area contributed by atoms with E-state index in [4.69, 9.17) is 4.74 Å². The van der Waals surface area contributed by atoms with Gasteiger partial charge in [0.05, 0.1) is 24.0 Å². The summed E-state index contributed by atoms with van der Waals surface area (Å²) < 4.78 is 6.65. The number of aryl methyl sites for hydroxylation is 1. The Morgan fingerprint density at radius 1 is 1.33 bits per heavy atom. The van der Waals surface area contributed by atoms with Gasteiger partial charge in [0, 0.05) is 31.0 Å². The number of ether oxygens (including phenoxy) is 1. The van der Waals surface area contributed by atoms with E-state index >= 15 is 0 Å². The lowest BCUT2D eigenvalue weighted by Gasteiger charge is -2.01. The molecule has 1 aromatic carbocycles. The number of aromatic nitrogens is 4. The molecule has 8 heteroatoms. The summed E-state index contributed by atoms with van der Waals surface area (Å²) in [5.74, 6) is 0.593. The first-order valence-electron chi connectivity index (χ1n) is 7.39. The molecular weight excluding hydrogens is 326 g/mol. The molecule has 0 unspecified atom stereocenters. The van der Waals surface area contributed by atoms with Crippen molar-refractivity contribution in [3.05, 3.63) is 46.5 Å². The summed E-state index contributed by atoms with van der Waals surface area (Å²) in [6, 6.07) is 7.78. The standard InChI is InChI=1S/C16H17N5O2S/c1-21-9-13(19-20-21)16(22)17-8-7-15-18-14(10-24-15)11-3-5-12(23-2)6-4-11/h3-6,9-10H,7-8H2,1-2H3,(H,17,22). The number of carbonyl (C=O) groups excluding carboxylic acids is 1. The summed E-state index contributed by atoms with van der Waals surface area (Å²) in [6.45, 7) is 0.505. The number of hydrogen-bond acceptors (Lipinski definition) is 6. The molecule has 0 bridgehead atoms. The number of nitrogens with zero attached hydrogens (tertiary/aromatic N) is 4. The van der Waals surface area contributed by atoms with Crippen LogP contribution in [0.15, 0.2) is 35.8 Å². The summed E-state index contributed by atoms with van der Waals surface area (Å²) in [7, 11) is 3.37. The number of rotatable bonds is 6. The van der Waals surface area contributed by atoms with Crippen LogP contribution in [0.1, 0.15) is 15.5 Å². The molecule has 0 saturated carbocycles. The van der Waals surface area contributed by atoms with E-state index in [2.05, 4.69) is 20.6 Å². The Balaban J connectivity index is 1.55. The maximum atomic E-state index is 11.9. The molecule has 1 N–H and O–H groups in total. The van der Waals surface area contributed by atoms with E-state index in [0.29, 0.717) is 18.7 Å². The van der Waals surface area contributed by atoms with E-state index in [0.717, 1.165) is 22.0 Å². The third-order valence-electron chi connectivity index (χ3n) is 3.40. The molecule has 0 radical (unpaired) electrons. The van der Waals surface area contributed by atoms with E-state index < -0.39 is 0 Å². The molecule has 24 heavy (non-hydrogen) atoms. The largest absolute Gasteiger partial charge is 0.497 e. The van der Waals surface area contributed by atoms with Gasteiger partial charge in [0.25, 0.3) is 5.91 Å². The molecule has 3 aromatic rings. The Kier molecular flexibility index (Phi) is 4.85. The highest BCUT2D eigenvalue weighted by Crippen LogP contribution is 2.24. The second kappa shape index (κ2) is 7.22. The normalized spacial score (nSPS) is 10.6. The number of amides is 1.